The molecule has 0 aromatic carbocycles. The highest BCUT2D eigenvalue weighted by atomic mass is 32.1. The van der Waals surface area contributed by atoms with Gasteiger partial charge in [-0.1, -0.05) is 38.0 Å². The lowest BCUT2D eigenvalue weighted by atomic mass is 9.83. The van der Waals surface area contributed by atoms with E-state index in [4.69, 9.17) is 5.73 Å². The van der Waals surface area contributed by atoms with Crippen LogP contribution < -0.4 is 11.1 Å². The summed E-state index contributed by atoms with van der Waals surface area (Å²) < 4.78 is 0. The largest absolute Gasteiger partial charge is 0.348 e. The summed E-state index contributed by atoms with van der Waals surface area (Å²) in [5.41, 5.74) is 5.36. The molecule has 1 saturated carbocycles. The van der Waals surface area contributed by atoms with Gasteiger partial charge in [0.05, 0.1) is 16.3 Å². The Labute approximate surface area is 131 Å². The van der Waals surface area contributed by atoms with Gasteiger partial charge in [0.15, 0.2) is 0 Å². The third-order valence-electron chi connectivity index (χ3n) is 4.12. The number of carbonyl (C=O) groups is 1. The van der Waals surface area contributed by atoms with Crippen LogP contribution in [0.1, 0.15) is 60.0 Å². The highest BCUT2D eigenvalue weighted by molar-refractivity contribution is 7.14. The van der Waals surface area contributed by atoms with Crippen LogP contribution in [0.5, 0.6) is 0 Å². The van der Waals surface area contributed by atoms with Gasteiger partial charge in [0.2, 0.25) is 0 Å². The highest BCUT2D eigenvalue weighted by Crippen LogP contribution is 2.28. The molecular formula is C17H24N2OS. The fraction of sp³-hybridized carbons (Fsp3) is 0.588. The van der Waals surface area contributed by atoms with E-state index < -0.39 is 0 Å². The van der Waals surface area contributed by atoms with Crippen molar-refractivity contribution in [3.05, 3.63) is 21.9 Å². The summed E-state index contributed by atoms with van der Waals surface area (Å²) in [5, 5.41) is 3.22. The zero-order valence-electron chi connectivity index (χ0n) is 12.7. The minimum Gasteiger partial charge on any atom is -0.348 e. The first-order chi connectivity index (χ1) is 10.2. The maximum Gasteiger partial charge on any atom is 0.261 e. The number of nitrogens with one attached hydrogen (secondary N) is 1. The summed E-state index contributed by atoms with van der Waals surface area (Å²) in [6, 6.07) is 4.05. The molecule has 0 saturated heterocycles. The summed E-state index contributed by atoms with van der Waals surface area (Å²) in [5.74, 6) is 6.47. The molecule has 0 radical (unpaired) electrons. The molecule has 3 N–H and O–H groups in total. The Morgan fingerprint density at radius 1 is 1.43 bits per heavy atom. The number of thiophene rings is 1. The summed E-state index contributed by atoms with van der Waals surface area (Å²) in [4.78, 5) is 14.0. The molecule has 1 aliphatic carbocycles. The van der Waals surface area contributed by atoms with Crippen LogP contribution in [0.15, 0.2) is 12.1 Å². The molecule has 1 atom stereocenters. The van der Waals surface area contributed by atoms with E-state index in [-0.39, 0.29) is 5.91 Å². The Bertz CT molecular complexity index is 520. The molecule has 1 aliphatic rings. The number of hydrogen-bond acceptors (Lipinski definition) is 3. The molecule has 1 fully saturated rings. The predicted molar refractivity (Wildman–Crippen MR) is 88.4 cm³/mol. The van der Waals surface area contributed by atoms with Crippen molar-refractivity contribution < 1.29 is 4.79 Å². The minimum absolute atomic E-state index is 0.0400. The van der Waals surface area contributed by atoms with Crippen LogP contribution in [-0.4, -0.2) is 18.5 Å². The standard InChI is InChI=1S/C17H24N2OS/c1-2-15(13-7-4-3-5-8-13)19-17(20)16-11-10-14(21-16)9-6-12-18/h10-11,13,15H,2-5,7-8,12,18H2,1H3,(H,19,20). The zero-order valence-corrected chi connectivity index (χ0v) is 13.5. The first-order valence-electron chi connectivity index (χ1n) is 7.84. The summed E-state index contributed by atoms with van der Waals surface area (Å²) >= 11 is 1.44. The van der Waals surface area contributed by atoms with E-state index in [9.17, 15) is 4.79 Å². The van der Waals surface area contributed by atoms with Crippen LogP contribution in [0.2, 0.25) is 0 Å². The minimum atomic E-state index is 0.0400. The molecule has 3 nitrogen and oxygen atoms in total. The molecule has 1 aromatic rings. The number of hydrogen-bond donors (Lipinski definition) is 2. The van der Waals surface area contributed by atoms with E-state index in [2.05, 4.69) is 24.1 Å². The van der Waals surface area contributed by atoms with Crippen molar-refractivity contribution in [3.63, 3.8) is 0 Å². The summed E-state index contributed by atoms with van der Waals surface area (Å²) in [6.07, 6.45) is 7.44. The van der Waals surface area contributed by atoms with Gasteiger partial charge in [-0.15, -0.1) is 11.3 Å². The molecule has 1 heterocycles. The van der Waals surface area contributed by atoms with Gasteiger partial charge in [0, 0.05) is 6.04 Å². The number of carbonyl (C=O) groups excluding carboxylic acids is 1. The van der Waals surface area contributed by atoms with Gasteiger partial charge in [-0.25, -0.2) is 0 Å². The normalized spacial score (nSPS) is 16.9. The molecular weight excluding hydrogens is 280 g/mol. The molecule has 21 heavy (non-hydrogen) atoms. The van der Waals surface area contributed by atoms with Crippen molar-refractivity contribution in [2.75, 3.05) is 6.54 Å². The monoisotopic (exact) mass is 304 g/mol. The van der Waals surface area contributed by atoms with Gasteiger partial charge in [0.1, 0.15) is 0 Å². The number of amides is 1. The van der Waals surface area contributed by atoms with Crippen molar-refractivity contribution >= 4 is 17.2 Å². The van der Waals surface area contributed by atoms with Gasteiger partial charge in [0.25, 0.3) is 5.91 Å². The lowest BCUT2D eigenvalue weighted by molar-refractivity contribution is 0.0915. The summed E-state index contributed by atoms with van der Waals surface area (Å²) in [7, 11) is 0. The Balaban J connectivity index is 1.96. The number of nitrogens with two attached hydrogens (primary N) is 1. The van der Waals surface area contributed by atoms with Crippen molar-refractivity contribution in [3.8, 4) is 11.8 Å². The van der Waals surface area contributed by atoms with Crippen molar-refractivity contribution in [1.82, 2.24) is 5.32 Å². The second-order valence-corrected chi connectivity index (χ2v) is 6.64. The van der Waals surface area contributed by atoms with Crippen LogP contribution >= 0.6 is 11.3 Å². The van der Waals surface area contributed by atoms with Crippen LogP contribution in [0.25, 0.3) is 0 Å². The van der Waals surface area contributed by atoms with Crippen LogP contribution in [-0.2, 0) is 0 Å². The van der Waals surface area contributed by atoms with E-state index in [0.29, 0.717) is 18.5 Å². The van der Waals surface area contributed by atoms with Gasteiger partial charge >= 0.3 is 0 Å². The summed E-state index contributed by atoms with van der Waals surface area (Å²) in [6.45, 7) is 2.51. The molecule has 0 spiro atoms. The van der Waals surface area contributed by atoms with Crippen molar-refractivity contribution in [1.29, 1.82) is 0 Å². The SMILES string of the molecule is CCC(NC(=O)c1ccc(C#CCN)s1)C1CCCCC1. The van der Waals surface area contributed by atoms with Gasteiger partial charge in [-0.05, 0) is 37.3 Å². The molecule has 1 unspecified atom stereocenters. The zero-order chi connectivity index (χ0) is 15.1. The third kappa shape index (κ3) is 4.59. The Kier molecular flexibility index (Phi) is 6.28. The molecule has 0 bridgehead atoms. The first kappa shape index (κ1) is 16.1. The average Bonchev–Trinajstić information content (AvgIpc) is 3.00. The van der Waals surface area contributed by atoms with Gasteiger partial charge in [-0.2, -0.15) is 0 Å². The molecule has 1 amide bonds. The number of rotatable bonds is 4. The van der Waals surface area contributed by atoms with E-state index in [1.54, 1.807) is 0 Å². The molecule has 0 aliphatic heterocycles. The fourth-order valence-corrected chi connectivity index (χ4v) is 3.78. The molecule has 1 aromatic heterocycles. The van der Waals surface area contributed by atoms with Crippen LogP contribution in [0, 0.1) is 17.8 Å². The van der Waals surface area contributed by atoms with Gasteiger partial charge in [-0.3, -0.25) is 4.79 Å². The maximum atomic E-state index is 12.4. The first-order valence-corrected chi connectivity index (χ1v) is 8.66. The predicted octanol–water partition coefficient (Wildman–Crippen LogP) is 3.15. The van der Waals surface area contributed by atoms with E-state index in [0.717, 1.165) is 16.2 Å². The van der Waals surface area contributed by atoms with Crippen molar-refractivity contribution in [2.45, 2.75) is 51.5 Å². The quantitative estimate of drug-likeness (QED) is 0.840. The lowest BCUT2D eigenvalue weighted by Gasteiger charge is -2.30. The van der Waals surface area contributed by atoms with Gasteiger partial charge < -0.3 is 11.1 Å². The van der Waals surface area contributed by atoms with Crippen molar-refractivity contribution in [2.24, 2.45) is 11.7 Å². The highest BCUT2D eigenvalue weighted by Gasteiger charge is 2.24. The smallest absolute Gasteiger partial charge is 0.261 e. The van der Waals surface area contributed by atoms with E-state index in [1.165, 1.54) is 43.4 Å². The maximum absolute atomic E-state index is 12.4. The molecule has 2 rings (SSSR count). The average molecular weight is 304 g/mol. The Hall–Kier alpha value is -1.31. The second-order valence-electron chi connectivity index (χ2n) is 5.56. The topological polar surface area (TPSA) is 55.1 Å². The van der Waals surface area contributed by atoms with E-state index in [1.807, 2.05) is 12.1 Å². The molecule has 114 valence electrons. The third-order valence-corrected chi connectivity index (χ3v) is 5.12. The Morgan fingerprint density at radius 3 is 2.86 bits per heavy atom. The lowest BCUT2D eigenvalue weighted by Crippen LogP contribution is -2.40. The molecule has 4 heteroatoms. The fourth-order valence-electron chi connectivity index (χ4n) is 2.99. The second kappa shape index (κ2) is 8.21. The van der Waals surface area contributed by atoms with Crippen LogP contribution in [0.4, 0.5) is 0 Å². The Morgan fingerprint density at radius 2 is 2.19 bits per heavy atom. The van der Waals surface area contributed by atoms with Crippen LogP contribution in [0.3, 0.4) is 0 Å². The van der Waals surface area contributed by atoms with E-state index >= 15 is 0 Å².